The molecule has 1 atom stereocenters. The fourth-order valence-electron chi connectivity index (χ4n) is 3.28. The molecule has 0 saturated carbocycles. The average Bonchev–Trinajstić information content (AvgIpc) is 2.79. The monoisotopic (exact) mass is 502 g/mol. The van der Waals surface area contributed by atoms with E-state index in [1.165, 1.54) is 6.07 Å². The second-order valence-electron chi connectivity index (χ2n) is 7.58. The smallest absolute Gasteiger partial charge is 0.419 e. The third-order valence-electron chi connectivity index (χ3n) is 4.96. The van der Waals surface area contributed by atoms with Gasteiger partial charge in [-0.3, -0.25) is 9.88 Å². The molecule has 2 heterocycles. The van der Waals surface area contributed by atoms with Crippen molar-refractivity contribution in [3.05, 3.63) is 42.1 Å². The van der Waals surface area contributed by atoms with Crippen LogP contribution >= 0.6 is 0 Å². The zero-order chi connectivity index (χ0) is 24.6. The lowest BCUT2D eigenvalue weighted by atomic mass is 10.1. The van der Waals surface area contributed by atoms with Crippen molar-refractivity contribution >= 4 is 17.1 Å². The van der Waals surface area contributed by atoms with E-state index in [0.717, 1.165) is 41.9 Å². The number of morpholine rings is 1. The predicted octanol–water partition coefficient (Wildman–Crippen LogP) is 3.00. The van der Waals surface area contributed by atoms with Gasteiger partial charge in [0, 0.05) is 31.4 Å². The summed E-state index contributed by atoms with van der Waals surface area (Å²) in [6, 6.07) is 6.84. The molecule has 1 unspecified atom stereocenters. The number of primary amides is 1. The molecule has 0 bridgehead atoms. The van der Waals surface area contributed by atoms with Gasteiger partial charge in [-0.25, -0.2) is 0 Å². The van der Waals surface area contributed by atoms with Gasteiger partial charge in [-0.05, 0) is 36.2 Å². The standard InChI is InChI=1S/C22H26F3N3O5S/c1-2-3-10-32-21(29)27-34(30)20-7-5-17(33-22(23,24)25)13-18(20)19-6-4-16(14-26-19)15-28-8-11-31-12-9-28/h4-7,13-14H,2-3,8-12,15H2,1H3,(H,27,29)/p+1. The zero-order valence-electron chi connectivity index (χ0n) is 18.7. The molecule has 8 nitrogen and oxygen atoms in total. The van der Waals surface area contributed by atoms with Crippen molar-refractivity contribution in [2.45, 2.75) is 37.6 Å². The third kappa shape index (κ3) is 8.05. The van der Waals surface area contributed by atoms with Crippen LogP contribution in [0.2, 0.25) is 0 Å². The highest BCUT2D eigenvalue weighted by Gasteiger charge is 2.32. The van der Waals surface area contributed by atoms with Crippen LogP contribution in [0.5, 0.6) is 5.75 Å². The molecule has 0 aliphatic carbocycles. The maximum Gasteiger partial charge on any atom is 0.573 e. The number of pyridine rings is 1. The Morgan fingerprint density at radius 2 is 2.00 bits per heavy atom. The summed E-state index contributed by atoms with van der Waals surface area (Å²) in [5.74, 6) is -0.479. The Labute approximate surface area is 198 Å². The van der Waals surface area contributed by atoms with Crippen LogP contribution in [0.25, 0.3) is 11.3 Å². The molecule has 186 valence electrons. The number of amides is 1. The molecule has 3 rings (SSSR count). The summed E-state index contributed by atoms with van der Waals surface area (Å²) >= 11 is 0. The van der Waals surface area contributed by atoms with E-state index < -0.39 is 29.2 Å². The molecule has 12 heteroatoms. The highest BCUT2D eigenvalue weighted by Crippen LogP contribution is 2.31. The van der Waals surface area contributed by atoms with Crippen molar-refractivity contribution in [3.63, 3.8) is 0 Å². The molecule has 1 fully saturated rings. The predicted molar refractivity (Wildman–Crippen MR) is 117 cm³/mol. The van der Waals surface area contributed by atoms with Crippen LogP contribution in [-0.2, 0) is 27.0 Å². The molecule has 2 aromatic rings. The number of unbranched alkanes of at least 4 members (excludes halogenated alkanes) is 1. The second-order valence-corrected chi connectivity index (χ2v) is 8.85. The lowest BCUT2D eigenvalue weighted by Crippen LogP contribution is -2.88. The Kier molecular flexibility index (Phi) is 9.39. The summed E-state index contributed by atoms with van der Waals surface area (Å²) in [7, 11) is -1.97. The summed E-state index contributed by atoms with van der Waals surface area (Å²) in [4.78, 5) is 18.7. The van der Waals surface area contributed by atoms with E-state index in [0.29, 0.717) is 31.9 Å². The van der Waals surface area contributed by atoms with Gasteiger partial charge >= 0.3 is 12.5 Å². The molecular weight excluding hydrogens is 475 g/mol. The topological polar surface area (TPSA) is 94.6 Å². The number of aromatic nitrogens is 1. The van der Waals surface area contributed by atoms with E-state index in [9.17, 15) is 22.2 Å². The molecule has 2 N–H and O–H groups in total. The van der Waals surface area contributed by atoms with Gasteiger partial charge < -0.3 is 14.2 Å². The molecular formula is C22H27F3N3O5S+. The minimum absolute atomic E-state index is 0.121. The number of carbonyl (C=O) groups is 1. The van der Waals surface area contributed by atoms with Crippen LogP contribution in [0.15, 0.2) is 41.4 Å². The van der Waals surface area contributed by atoms with Gasteiger partial charge in [0.05, 0.1) is 25.5 Å². The van der Waals surface area contributed by atoms with Crippen LogP contribution < -0.4 is 9.46 Å². The van der Waals surface area contributed by atoms with Crippen LogP contribution in [-0.4, -0.2) is 59.5 Å². The first-order chi connectivity index (χ1) is 16.2. The molecule has 1 aromatic heterocycles. The van der Waals surface area contributed by atoms with Crippen molar-refractivity contribution in [3.8, 4) is 17.0 Å². The maximum absolute atomic E-state index is 12.9. The molecule has 1 saturated heterocycles. The van der Waals surface area contributed by atoms with Crippen molar-refractivity contribution in [1.29, 1.82) is 0 Å². The van der Waals surface area contributed by atoms with Crippen LogP contribution in [0.1, 0.15) is 25.3 Å². The number of nitrogens with zero attached hydrogens (tertiary/aromatic N) is 2. The minimum Gasteiger partial charge on any atom is -0.419 e. The Bertz CT molecular complexity index is 983. The van der Waals surface area contributed by atoms with E-state index in [2.05, 4.69) is 14.6 Å². The van der Waals surface area contributed by atoms with Crippen LogP contribution in [0, 0.1) is 0 Å². The van der Waals surface area contributed by atoms with E-state index >= 15 is 0 Å². The first kappa shape index (κ1) is 26.1. The van der Waals surface area contributed by atoms with Gasteiger partial charge in [0.25, 0.3) is 0 Å². The van der Waals surface area contributed by atoms with Crippen molar-refractivity contribution in [1.82, 2.24) is 9.88 Å². The summed E-state index contributed by atoms with van der Waals surface area (Å²) in [5, 5.41) is 0. The molecule has 34 heavy (non-hydrogen) atoms. The highest BCUT2D eigenvalue weighted by molar-refractivity contribution is 7.78. The number of rotatable bonds is 9. The molecule has 0 radical (unpaired) electrons. The fourth-order valence-corrected chi connectivity index (χ4v) is 4.23. The molecule has 1 aromatic carbocycles. The van der Waals surface area contributed by atoms with Gasteiger partial charge in [-0.15, -0.1) is 13.2 Å². The molecule has 0 spiro atoms. The average molecular weight is 503 g/mol. The van der Waals surface area contributed by atoms with E-state index in [1.807, 2.05) is 13.0 Å². The lowest BCUT2D eigenvalue weighted by Gasteiger charge is -2.26. The first-order valence-electron chi connectivity index (χ1n) is 10.8. The largest absolute Gasteiger partial charge is 0.573 e. The van der Waals surface area contributed by atoms with Gasteiger partial charge in [0.15, 0.2) is 0 Å². The minimum atomic E-state index is -4.89. The van der Waals surface area contributed by atoms with E-state index in [4.69, 9.17) is 9.47 Å². The summed E-state index contributed by atoms with van der Waals surface area (Å²) in [6.07, 6.45) is -2.53. The van der Waals surface area contributed by atoms with Crippen molar-refractivity contribution in [2.75, 3.05) is 32.9 Å². The Hall–Kier alpha value is -2.54. The SMILES string of the molecule is CCCCOC(=O)[NH2+]S(=O)c1ccc(OC(F)(F)F)cc1-c1ccc(CN2CCOCC2)cn1. The molecule has 1 amide bonds. The number of hydrogen-bond acceptors (Lipinski definition) is 7. The Morgan fingerprint density at radius 1 is 1.24 bits per heavy atom. The summed E-state index contributed by atoms with van der Waals surface area (Å²) in [6.45, 7) is 5.70. The number of alkyl halides is 3. The third-order valence-corrected chi connectivity index (χ3v) is 6.15. The van der Waals surface area contributed by atoms with Crippen LogP contribution in [0.3, 0.4) is 0 Å². The van der Waals surface area contributed by atoms with Crippen molar-refractivity contribution < 1.29 is 41.1 Å². The first-order valence-corrected chi connectivity index (χ1v) is 12.0. The number of halogens is 3. The highest BCUT2D eigenvalue weighted by atomic mass is 32.2. The number of ether oxygens (including phenoxy) is 3. The summed E-state index contributed by atoms with van der Waals surface area (Å²) in [5.41, 5.74) is 1.38. The molecule has 1 aliphatic heterocycles. The zero-order valence-corrected chi connectivity index (χ0v) is 19.5. The maximum atomic E-state index is 12.9. The van der Waals surface area contributed by atoms with E-state index in [1.54, 1.807) is 12.3 Å². The number of benzene rings is 1. The Balaban J connectivity index is 1.82. The number of nitrogens with two attached hydrogens (primary N) is 1. The van der Waals surface area contributed by atoms with Crippen LogP contribution in [0.4, 0.5) is 18.0 Å². The van der Waals surface area contributed by atoms with Gasteiger partial charge in [-0.2, -0.15) is 13.7 Å². The lowest BCUT2D eigenvalue weighted by molar-refractivity contribution is -0.400. The normalized spacial score (nSPS) is 15.6. The van der Waals surface area contributed by atoms with Gasteiger partial charge in [0.2, 0.25) is 11.0 Å². The molecule has 1 aliphatic rings. The van der Waals surface area contributed by atoms with E-state index in [-0.39, 0.29) is 17.1 Å². The number of hydrogen-bond donors (Lipinski definition) is 1. The van der Waals surface area contributed by atoms with Gasteiger partial charge in [0.1, 0.15) is 10.6 Å². The summed E-state index contributed by atoms with van der Waals surface area (Å²) < 4.78 is 66.4. The Morgan fingerprint density at radius 3 is 2.65 bits per heavy atom. The fraction of sp³-hybridized carbons (Fsp3) is 0.455. The number of quaternary nitrogens is 1. The second kappa shape index (κ2) is 12.2. The number of carbonyl (C=O) groups excluding carboxylic acids is 1. The van der Waals surface area contributed by atoms with Gasteiger partial charge in [-0.1, -0.05) is 19.4 Å². The quantitative estimate of drug-likeness (QED) is 0.527. The van der Waals surface area contributed by atoms with Crippen molar-refractivity contribution in [2.24, 2.45) is 0 Å².